The van der Waals surface area contributed by atoms with E-state index in [1.165, 1.54) is 0 Å². The summed E-state index contributed by atoms with van der Waals surface area (Å²) in [4.78, 5) is 4.70. The van der Waals surface area contributed by atoms with Crippen LogP contribution in [0, 0.1) is 0 Å². The zero-order valence-corrected chi connectivity index (χ0v) is 21.9. The number of aromatic nitrogens is 2. The fourth-order valence-corrected chi connectivity index (χ4v) is 4.97. The Labute approximate surface area is 219 Å². The fraction of sp³-hybridized carbons (Fsp3) is 0.483. The van der Waals surface area contributed by atoms with Crippen LogP contribution in [0.1, 0.15) is 31.0 Å². The van der Waals surface area contributed by atoms with Gasteiger partial charge in [0, 0.05) is 38.8 Å². The first-order valence-electron chi connectivity index (χ1n) is 13.4. The maximum Gasteiger partial charge on any atom is 0.227 e. The van der Waals surface area contributed by atoms with Crippen LogP contribution in [0.15, 0.2) is 54.6 Å². The highest BCUT2D eigenvalue weighted by atomic mass is 16.5. The highest BCUT2D eigenvalue weighted by Crippen LogP contribution is 2.38. The molecule has 1 aliphatic carbocycles. The monoisotopic (exact) mass is 506 g/mol. The van der Waals surface area contributed by atoms with Crippen LogP contribution in [0.25, 0.3) is 5.69 Å². The number of nitrogens with zero attached hydrogens (tertiary/aromatic N) is 4. The quantitative estimate of drug-likeness (QED) is 0.400. The summed E-state index contributed by atoms with van der Waals surface area (Å²) in [6.45, 7) is 7.32. The highest BCUT2D eigenvalue weighted by molar-refractivity contribution is 5.47. The maximum atomic E-state index is 11.0. The second kappa shape index (κ2) is 12.1. The molecule has 1 aliphatic heterocycles. The number of hydrogen-bond acceptors (Lipinski definition) is 7. The van der Waals surface area contributed by atoms with Crippen molar-refractivity contribution in [3.63, 3.8) is 0 Å². The van der Waals surface area contributed by atoms with Crippen LogP contribution in [-0.4, -0.2) is 83.3 Å². The van der Waals surface area contributed by atoms with Crippen molar-refractivity contribution in [1.82, 2.24) is 19.6 Å². The van der Waals surface area contributed by atoms with Gasteiger partial charge in [0.1, 0.15) is 0 Å². The van der Waals surface area contributed by atoms with Crippen LogP contribution in [-0.2, 0) is 17.7 Å². The normalized spacial score (nSPS) is 17.2. The number of β-amino-alcohol motifs (C(OH)–C–C–N with tert-alkyl or cyclic N) is 1. The summed E-state index contributed by atoms with van der Waals surface area (Å²) in [7, 11) is 1.65. The molecule has 0 radical (unpaired) electrons. The molecule has 5 rings (SSSR count). The summed E-state index contributed by atoms with van der Waals surface area (Å²) < 4.78 is 19.5. The summed E-state index contributed by atoms with van der Waals surface area (Å²) in [6, 6.07) is 18.3. The van der Waals surface area contributed by atoms with Crippen molar-refractivity contribution in [2.24, 2.45) is 0 Å². The predicted octanol–water partition coefficient (Wildman–Crippen LogP) is 3.89. The van der Waals surface area contributed by atoms with E-state index in [2.05, 4.69) is 16.7 Å². The van der Waals surface area contributed by atoms with Gasteiger partial charge in [0.2, 0.25) is 5.88 Å². The Hall–Kier alpha value is -2.91. The van der Waals surface area contributed by atoms with E-state index in [4.69, 9.17) is 19.3 Å². The van der Waals surface area contributed by atoms with Gasteiger partial charge in [-0.25, -0.2) is 4.68 Å². The average Bonchev–Trinajstić information content (AvgIpc) is 3.73. The van der Waals surface area contributed by atoms with Crippen LogP contribution in [0.3, 0.4) is 0 Å². The molecule has 37 heavy (non-hydrogen) atoms. The van der Waals surface area contributed by atoms with Crippen molar-refractivity contribution in [3.05, 3.63) is 65.9 Å². The number of methoxy groups -OCH3 is 1. The van der Waals surface area contributed by atoms with E-state index in [0.717, 1.165) is 62.5 Å². The molecule has 8 heteroatoms. The Balaban J connectivity index is 1.45. The Morgan fingerprint density at radius 3 is 2.43 bits per heavy atom. The lowest BCUT2D eigenvalue weighted by Gasteiger charge is -2.31. The summed E-state index contributed by atoms with van der Waals surface area (Å²) in [5.74, 6) is 2.02. The number of aliphatic hydroxyl groups excluding tert-OH is 1. The molecule has 0 bridgehead atoms. The van der Waals surface area contributed by atoms with Gasteiger partial charge in [-0.05, 0) is 43.5 Å². The molecule has 1 saturated carbocycles. The molecule has 0 unspecified atom stereocenters. The minimum atomic E-state index is -0.425. The average molecular weight is 507 g/mol. The summed E-state index contributed by atoms with van der Waals surface area (Å²) in [6.07, 6.45) is 2.67. The van der Waals surface area contributed by atoms with Gasteiger partial charge in [-0.1, -0.05) is 37.3 Å². The molecule has 1 aromatic heterocycles. The third-order valence-corrected chi connectivity index (χ3v) is 7.07. The summed E-state index contributed by atoms with van der Waals surface area (Å²) in [5, 5.41) is 16.0. The lowest BCUT2D eigenvalue weighted by atomic mass is 10.1. The zero-order valence-electron chi connectivity index (χ0n) is 21.9. The van der Waals surface area contributed by atoms with Crippen molar-refractivity contribution in [2.75, 3.05) is 46.5 Å². The van der Waals surface area contributed by atoms with Gasteiger partial charge < -0.3 is 19.3 Å². The molecule has 8 nitrogen and oxygen atoms in total. The van der Waals surface area contributed by atoms with Gasteiger partial charge in [-0.2, -0.15) is 5.10 Å². The Kier molecular flexibility index (Phi) is 8.41. The number of ether oxygens (including phenoxy) is 3. The van der Waals surface area contributed by atoms with Crippen LogP contribution in [0.2, 0.25) is 0 Å². The number of hydrogen-bond donors (Lipinski definition) is 1. The van der Waals surface area contributed by atoms with Crippen molar-refractivity contribution < 1.29 is 19.3 Å². The van der Waals surface area contributed by atoms with Crippen LogP contribution >= 0.6 is 0 Å². The van der Waals surface area contributed by atoms with Gasteiger partial charge in [0.05, 0.1) is 43.4 Å². The van der Waals surface area contributed by atoms with Crippen molar-refractivity contribution in [1.29, 1.82) is 0 Å². The minimum absolute atomic E-state index is 0.425. The standard InChI is InChI=1S/C29H38N4O4/c1-3-26-25(21-32(22-13-14-22)20-24(34)19-31-15-17-36-18-16-31)29(33(30-26)23-9-5-4-6-10-23)37-28-12-8-7-11-27(28)35-2/h4-12,22,24,34H,3,13-21H2,1-2H3/t24-/m0/s1. The van der Waals surface area contributed by atoms with Gasteiger partial charge in [0.15, 0.2) is 11.5 Å². The molecule has 2 fully saturated rings. The van der Waals surface area contributed by atoms with Crippen LogP contribution in [0.5, 0.6) is 17.4 Å². The summed E-state index contributed by atoms with van der Waals surface area (Å²) >= 11 is 0. The molecule has 2 aliphatic rings. The minimum Gasteiger partial charge on any atom is -0.493 e. The van der Waals surface area contributed by atoms with E-state index in [1.807, 2.05) is 59.3 Å². The third-order valence-electron chi connectivity index (χ3n) is 7.07. The first-order valence-corrected chi connectivity index (χ1v) is 13.4. The second-order valence-corrected chi connectivity index (χ2v) is 9.81. The van der Waals surface area contributed by atoms with Crippen molar-refractivity contribution in [2.45, 2.75) is 44.9 Å². The van der Waals surface area contributed by atoms with E-state index in [9.17, 15) is 5.11 Å². The number of rotatable bonds is 12. The Bertz CT molecular complexity index is 1140. The molecule has 1 N–H and O–H groups in total. The predicted molar refractivity (Wildman–Crippen MR) is 143 cm³/mol. The number of para-hydroxylation sites is 3. The molecule has 0 spiro atoms. The van der Waals surface area contributed by atoms with Gasteiger partial charge in [0.25, 0.3) is 0 Å². The lowest BCUT2D eigenvalue weighted by Crippen LogP contribution is -2.45. The smallest absolute Gasteiger partial charge is 0.227 e. The van der Waals surface area contributed by atoms with Crippen LogP contribution in [0.4, 0.5) is 0 Å². The van der Waals surface area contributed by atoms with Crippen molar-refractivity contribution in [3.8, 4) is 23.1 Å². The molecule has 198 valence electrons. The van der Waals surface area contributed by atoms with Gasteiger partial charge in [-0.15, -0.1) is 0 Å². The molecule has 2 heterocycles. The van der Waals surface area contributed by atoms with E-state index in [0.29, 0.717) is 43.1 Å². The van der Waals surface area contributed by atoms with E-state index >= 15 is 0 Å². The SMILES string of the molecule is CCc1nn(-c2ccccc2)c(Oc2ccccc2OC)c1CN(C[C@@H](O)CN1CCOCC1)C1CC1. The molecule has 1 saturated heterocycles. The number of aryl methyl sites for hydroxylation is 1. The number of morpholine rings is 1. The lowest BCUT2D eigenvalue weighted by molar-refractivity contribution is 0.00544. The second-order valence-electron chi connectivity index (χ2n) is 9.81. The van der Waals surface area contributed by atoms with Crippen LogP contribution < -0.4 is 9.47 Å². The van der Waals surface area contributed by atoms with E-state index in [-0.39, 0.29) is 0 Å². The molecular weight excluding hydrogens is 468 g/mol. The topological polar surface area (TPSA) is 72.2 Å². The van der Waals surface area contributed by atoms with E-state index in [1.54, 1.807) is 7.11 Å². The molecule has 3 aromatic rings. The largest absolute Gasteiger partial charge is 0.493 e. The number of benzene rings is 2. The first-order chi connectivity index (χ1) is 18.2. The fourth-order valence-electron chi connectivity index (χ4n) is 4.97. The van der Waals surface area contributed by atoms with Gasteiger partial charge >= 0.3 is 0 Å². The molecule has 2 aromatic carbocycles. The highest BCUT2D eigenvalue weighted by Gasteiger charge is 2.33. The first kappa shape index (κ1) is 25.7. The summed E-state index contributed by atoms with van der Waals surface area (Å²) in [5.41, 5.74) is 3.00. The molecule has 1 atom stereocenters. The maximum absolute atomic E-state index is 11.0. The zero-order chi connectivity index (χ0) is 25.6. The molecular formula is C29H38N4O4. The van der Waals surface area contributed by atoms with Gasteiger partial charge in [-0.3, -0.25) is 9.80 Å². The van der Waals surface area contributed by atoms with E-state index < -0.39 is 6.10 Å². The number of aliphatic hydroxyl groups is 1. The molecule has 0 amide bonds. The Morgan fingerprint density at radius 2 is 1.76 bits per heavy atom. The van der Waals surface area contributed by atoms with Crippen molar-refractivity contribution >= 4 is 0 Å². The Morgan fingerprint density at radius 1 is 1.05 bits per heavy atom. The third kappa shape index (κ3) is 6.33.